The summed E-state index contributed by atoms with van der Waals surface area (Å²) in [5.74, 6) is -0.387. The van der Waals surface area contributed by atoms with Crippen LogP contribution in [0.1, 0.15) is 67.1 Å². The van der Waals surface area contributed by atoms with E-state index in [1.807, 2.05) is 19.9 Å². The van der Waals surface area contributed by atoms with Crippen molar-refractivity contribution in [2.24, 2.45) is 5.41 Å². The predicted molar refractivity (Wildman–Crippen MR) is 157 cm³/mol. The number of aliphatic carboxylic acids is 1. The minimum absolute atomic E-state index is 0.400. The van der Waals surface area contributed by atoms with Crippen molar-refractivity contribution in [3.63, 3.8) is 0 Å². The fourth-order valence-corrected chi connectivity index (χ4v) is 5.85. The summed E-state index contributed by atoms with van der Waals surface area (Å²) < 4.78 is 2.33. The van der Waals surface area contributed by atoms with Crippen LogP contribution < -0.4 is 0 Å². The molecule has 0 saturated carbocycles. The number of aryl methyl sites for hydroxylation is 2. The summed E-state index contributed by atoms with van der Waals surface area (Å²) in [5, 5.41) is 11.3. The van der Waals surface area contributed by atoms with Gasteiger partial charge >= 0.3 is 5.97 Å². The molecule has 0 fully saturated rings. The van der Waals surface area contributed by atoms with Gasteiger partial charge in [0.05, 0.1) is 5.41 Å². The molecular weight excluding hydrogens is 474 g/mol. The van der Waals surface area contributed by atoms with E-state index in [0.717, 1.165) is 21.7 Å². The first kappa shape index (κ1) is 26.8. The lowest BCUT2D eigenvalue weighted by Crippen LogP contribution is -2.27. The van der Waals surface area contributed by atoms with E-state index in [1.165, 1.54) is 32.5 Å². The van der Waals surface area contributed by atoms with Gasteiger partial charge in [-0.15, -0.1) is 0 Å². The highest BCUT2D eigenvalue weighted by atomic mass is 32.2. The third-order valence-electron chi connectivity index (χ3n) is 7.11. The number of hydrogen-bond acceptors (Lipinski definition) is 2. The minimum Gasteiger partial charge on any atom is -0.481 e. The van der Waals surface area contributed by atoms with Crippen LogP contribution in [0.5, 0.6) is 0 Å². The molecule has 0 unspecified atom stereocenters. The van der Waals surface area contributed by atoms with Gasteiger partial charge in [0.1, 0.15) is 0 Å². The Morgan fingerprint density at radius 2 is 1.76 bits per heavy atom. The van der Waals surface area contributed by atoms with Crippen molar-refractivity contribution < 1.29 is 9.90 Å². The van der Waals surface area contributed by atoms with Crippen molar-refractivity contribution in [2.75, 3.05) is 0 Å². The van der Waals surface area contributed by atoms with Crippen LogP contribution in [0.3, 0.4) is 0 Å². The molecule has 4 aromatic rings. The van der Waals surface area contributed by atoms with Crippen LogP contribution in [0.4, 0.5) is 0 Å². The minimum atomic E-state index is -0.906. The topological polar surface area (TPSA) is 42.2 Å². The number of carbonyl (C=O) groups is 1. The number of nitrogens with zero attached hydrogens (tertiary/aromatic N) is 1. The second-order valence-electron chi connectivity index (χ2n) is 11.0. The molecule has 3 aromatic carbocycles. The Morgan fingerprint density at radius 3 is 2.38 bits per heavy atom. The number of carboxylic acid groups (broad SMARTS) is 1. The molecule has 1 aromatic heterocycles. The molecule has 4 heteroatoms. The molecule has 0 bridgehead atoms. The highest BCUT2D eigenvalue weighted by Gasteiger charge is 2.32. The third kappa shape index (κ3) is 5.70. The molecule has 1 heterocycles. The zero-order valence-corrected chi connectivity index (χ0v) is 23.6. The maximum atomic E-state index is 12.3. The molecule has 0 aliphatic heterocycles. The lowest BCUT2D eigenvalue weighted by Gasteiger charge is -2.22. The van der Waals surface area contributed by atoms with Gasteiger partial charge in [-0.25, -0.2) is 0 Å². The second-order valence-corrected chi connectivity index (χ2v) is 12.0. The SMILES string of the molecule is C=Cc1ccc(Cn2c(CC(C)(C)C(=O)O)c(Sc3cc(C)ccc3C)c3cc(C(C)C)ccc32)cc1. The molecule has 192 valence electrons. The van der Waals surface area contributed by atoms with Crippen LogP contribution >= 0.6 is 11.8 Å². The Morgan fingerprint density at radius 1 is 1.05 bits per heavy atom. The molecule has 0 amide bonds. The molecule has 0 spiro atoms. The fraction of sp³-hybridized carbons (Fsp3) is 0.303. The van der Waals surface area contributed by atoms with Gasteiger partial charge in [0.2, 0.25) is 0 Å². The van der Waals surface area contributed by atoms with Gasteiger partial charge in [-0.05, 0) is 79.6 Å². The lowest BCUT2D eigenvalue weighted by atomic mass is 9.88. The maximum Gasteiger partial charge on any atom is 0.309 e. The van der Waals surface area contributed by atoms with E-state index in [0.29, 0.717) is 18.9 Å². The molecule has 0 aliphatic carbocycles. The molecule has 37 heavy (non-hydrogen) atoms. The first-order chi connectivity index (χ1) is 17.5. The van der Waals surface area contributed by atoms with Gasteiger partial charge in [-0.2, -0.15) is 0 Å². The second kappa shape index (κ2) is 10.6. The largest absolute Gasteiger partial charge is 0.481 e. The van der Waals surface area contributed by atoms with E-state index in [2.05, 4.69) is 99.5 Å². The molecule has 3 nitrogen and oxygen atoms in total. The predicted octanol–water partition coefficient (Wildman–Crippen LogP) is 8.88. The van der Waals surface area contributed by atoms with Crippen molar-refractivity contribution in [1.82, 2.24) is 4.57 Å². The van der Waals surface area contributed by atoms with Gasteiger partial charge in [0.25, 0.3) is 0 Å². The zero-order chi connectivity index (χ0) is 26.9. The van der Waals surface area contributed by atoms with Crippen LogP contribution in [-0.4, -0.2) is 15.6 Å². The number of hydrogen-bond donors (Lipinski definition) is 1. The Labute approximate surface area is 225 Å². The van der Waals surface area contributed by atoms with Crippen LogP contribution in [0.15, 0.2) is 77.0 Å². The summed E-state index contributed by atoms with van der Waals surface area (Å²) in [4.78, 5) is 14.6. The van der Waals surface area contributed by atoms with Gasteiger partial charge in [0, 0.05) is 39.4 Å². The molecule has 0 aliphatic rings. The smallest absolute Gasteiger partial charge is 0.309 e. The Bertz CT molecular complexity index is 1460. The third-order valence-corrected chi connectivity index (χ3v) is 8.43. The maximum absolute atomic E-state index is 12.3. The standard InChI is InChI=1S/C33H37NO2S/c1-8-24-11-13-25(14-12-24)20-34-28-16-15-26(21(2)3)18-27(28)31(29(34)19-33(6,7)32(35)36)37-30-17-22(4)9-10-23(30)5/h8-18,21H,1,19-20H2,2-7H3,(H,35,36). The van der Waals surface area contributed by atoms with Gasteiger partial charge in [-0.3, -0.25) is 4.79 Å². The van der Waals surface area contributed by atoms with Crippen LogP contribution in [-0.2, 0) is 17.8 Å². The summed E-state index contributed by atoms with van der Waals surface area (Å²) in [6.07, 6.45) is 2.29. The Balaban J connectivity index is 1.98. The van der Waals surface area contributed by atoms with E-state index in [4.69, 9.17) is 0 Å². The Kier molecular flexibility index (Phi) is 7.70. The van der Waals surface area contributed by atoms with Crippen molar-refractivity contribution in [2.45, 2.75) is 70.2 Å². The highest BCUT2D eigenvalue weighted by molar-refractivity contribution is 7.99. The van der Waals surface area contributed by atoms with Crippen molar-refractivity contribution in [1.29, 1.82) is 0 Å². The molecule has 0 saturated heterocycles. The van der Waals surface area contributed by atoms with Gasteiger partial charge < -0.3 is 9.67 Å². The van der Waals surface area contributed by atoms with E-state index in [9.17, 15) is 9.90 Å². The molecule has 4 rings (SSSR count). The van der Waals surface area contributed by atoms with E-state index in [1.54, 1.807) is 11.8 Å². The summed E-state index contributed by atoms with van der Waals surface area (Å²) in [7, 11) is 0. The molecule has 1 N–H and O–H groups in total. The first-order valence-electron chi connectivity index (χ1n) is 12.8. The van der Waals surface area contributed by atoms with E-state index >= 15 is 0 Å². The van der Waals surface area contributed by atoms with Crippen molar-refractivity contribution in [3.05, 3.63) is 101 Å². The summed E-state index contributed by atoms with van der Waals surface area (Å²) in [6, 6.07) is 21.7. The average Bonchev–Trinajstić information content (AvgIpc) is 3.12. The van der Waals surface area contributed by atoms with Gasteiger partial charge in [0.15, 0.2) is 0 Å². The number of rotatable bonds is 9. The summed E-state index contributed by atoms with van der Waals surface area (Å²) >= 11 is 1.77. The van der Waals surface area contributed by atoms with Crippen LogP contribution in [0.25, 0.3) is 17.0 Å². The van der Waals surface area contributed by atoms with Crippen LogP contribution in [0.2, 0.25) is 0 Å². The molecular formula is C33H37NO2S. The van der Waals surface area contributed by atoms with Crippen LogP contribution in [0, 0.1) is 19.3 Å². The zero-order valence-electron chi connectivity index (χ0n) is 22.8. The number of benzene rings is 3. The monoisotopic (exact) mass is 511 g/mol. The van der Waals surface area contributed by atoms with E-state index < -0.39 is 11.4 Å². The summed E-state index contributed by atoms with van der Waals surface area (Å²) in [6.45, 7) is 16.9. The lowest BCUT2D eigenvalue weighted by molar-refractivity contribution is -0.146. The highest BCUT2D eigenvalue weighted by Crippen LogP contribution is 2.43. The normalized spacial score (nSPS) is 11.9. The quantitative estimate of drug-likeness (QED) is 0.244. The van der Waals surface area contributed by atoms with Gasteiger partial charge in [-0.1, -0.05) is 80.7 Å². The average molecular weight is 512 g/mol. The number of aromatic nitrogens is 1. The summed E-state index contributed by atoms with van der Waals surface area (Å²) in [5.41, 5.74) is 7.29. The Hall–Kier alpha value is -3.24. The van der Waals surface area contributed by atoms with Crippen molar-refractivity contribution >= 4 is 34.7 Å². The fourth-order valence-electron chi connectivity index (χ4n) is 4.59. The number of fused-ring (bicyclic) bond motifs is 1. The molecule has 0 radical (unpaired) electrons. The molecule has 0 atom stereocenters. The first-order valence-corrected chi connectivity index (χ1v) is 13.7. The van der Waals surface area contributed by atoms with Crippen molar-refractivity contribution in [3.8, 4) is 0 Å². The number of carboxylic acids is 1. The van der Waals surface area contributed by atoms with E-state index in [-0.39, 0.29) is 0 Å².